The minimum Gasteiger partial charge on any atom is -0.310 e. The van der Waals surface area contributed by atoms with E-state index in [0.717, 1.165) is 34.1 Å². The summed E-state index contributed by atoms with van der Waals surface area (Å²) < 4.78 is 2.51. The molecule has 0 atom stereocenters. The van der Waals surface area contributed by atoms with E-state index in [0.29, 0.717) is 0 Å². The van der Waals surface area contributed by atoms with E-state index in [1.54, 1.807) is 0 Å². The number of nitrogens with zero attached hydrogens (tertiary/aromatic N) is 2. The topological polar surface area (TPSA) is 6.48 Å². The van der Waals surface area contributed by atoms with Gasteiger partial charge >= 0.3 is 0 Å². The minimum atomic E-state index is 1.09. The number of para-hydroxylation sites is 2. The Kier molecular flexibility index (Phi) is 8.72. The van der Waals surface area contributed by atoms with E-state index in [4.69, 9.17) is 0 Å². The second-order valence-corrected chi connectivity index (χ2v) is 16.0. The van der Waals surface area contributed by atoms with Gasteiger partial charge in [-0.1, -0.05) is 158 Å². The van der Waals surface area contributed by atoms with Crippen molar-refractivity contribution >= 4 is 87.2 Å². The lowest BCUT2D eigenvalue weighted by atomic mass is 10.00. The van der Waals surface area contributed by atoms with E-state index in [-0.39, 0.29) is 0 Å². The largest absolute Gasteiger partial charge is 0.310 e. The molecule has 10 aromatic carbocycles. The molecule has 2 nitrogen and oxygen atoms in total. The molecule has 0 aliphatic heterocycles. The van der Waals surface area contributed by atoms with Gasteiger partial charge in [-0.05, 0) is 117 Å². The second kappa shape index (κ2) is 14.8. The molecule has 59 heavy (non-hydrogen) atoms. The number of anilines is 6. The molecule has 0 amide bonds. The molecule has 0 saturated heterocycles. The zero-order valence-electron chi connectivity index (χ0n) is 32.2. The van der Waals surface area contributed by atoms with Gasteiger partial charge in [0.05, 0.1) is 5.69 Å². The highest BCUT2D eigenvalue weighted by atomic mass is 32.1. The van der Waals surface area contributed by atoms with Crippen molar-refractivity contribution in [1.82, 2.24) is 0 Å². The maximum absolute atomic E-state index is 2.44. The first-order chi connectivity index (χ1) is 29.2. The highest BCUT2D eigenvalue weighted by molar-refractivity contribution is 7.26. The van der Waals surface area contributed by atoms with Gasteiger partial charge in [-0.2, -0.15) is 0 Å². The van der Waals surface area contributed by atoms with Gasteiger partial charge in [-0.3, -0.25) is 0 Å². The fourth-order valence-electron chi connectivity index (χ4n) is 8.57. The average Bonchev–Trinajstić information content (AvgIpc) is 3.70. The number of thiophene rings is 1. The molecular weight excluding hydrogens is 733 g/mol. The molecule has 11 aromatic rings. The first-order valence-corrected chi connectivity index (χ1v) is 20.9. The summed E-state index contributed by atoms with van der Waals surface area (Å²) in [6.07, 6.45) is 0. The Labute approximate surface area is 348 Å². The van der Waals surface area contributed by atoms with Gasteiger partial charge in [0.2, 0.25) is 0 Å². The maximum Gasteiger partial charge on any atom is 0.0575 e. The van der Waals surface area contributed by atoms with Gasteiger partial charge in [0.15, 0.2) is 0 Å². The van der Waals surface area contributed by atoms with Gasteiger partial charge in [-0.15, -0.1) is 11.3 Å². The van der Waals surface area contributed by atoms with E-state index in [9.17, 15) is 0 Å². The molecule has 1 heterocycles. The first kappa shape index (κ1) is 34.8. The molecule has 0 unspecified atom stereocenters. The Hall–Kier alpha value is -7.46. The number of benzene rings is 10. The van der Waals surface area contributed by atoms with Crippen LogP contribution in [0.2, 0.25) is 0 Å². The lowest BCUT2D eigenvalue weighted by molar-refractivity contribution is 1.26. The monoisotopic (exact) mass is 770 g/mol. The van der Waals surface area contributed by atoms with Gasteiger partial charge < -0.3 is 9.80 Å². The van der Waals surface area contributed by atoms with Crippen LogP contribution in [0.3, 0.4) is 0 Å². The number of hydrogen-bond acceptors (Lipinski definition) is 3. The molecule has 0 bridgehead atoms. The standard InChI is InChI=1S/C56H38N2S/c1-4-14-39(15-5-1)41-26-33-49(34-27-41)58(47-21-8-3-9-22-47)52-37-50(38-54-56(52)55-51-23-13-12-17-43(51)30-35-53(55)59-54)57(46-19-6-2-7-20-46)48-31-28-42(29-32-48)45-25-24-40-16-10-11-18-44(40)36-45/h1-38H. The molecule has 0 spiro atoms. The molecule has 0 aliphatic rings. The van der Waals surface area contributed by atoms with Crippen molar-refractivity contribution in [3.05, 3.63) is 231 Å². The summed E-state index contributed by atoms with van der Waals surface area (Å²) in [4.78, 5) is 4.85. The molecule has 0 aliphatic carbocycles. The predicted molar refractivity (Wildman–Crippen MR) is 255 cm³/mol. The molecule has 0 radical (unpaired) electrons. The number of rotatable bonds is 8. The van der Waals surface area contributed by atoms with Crippen LogP contribution in [0.5, 0.6) is 0 Å². The van der Waals surface area contributed by atoms with Gasteiger partial charge in [0, 0.05) is 48.6 Å². The van der Waals surface area contributed by atoms with Crippen LogP contribution in [0.25, 0.3) is 64.0 Å². The average molecular weight is 771 g/mol. The molecular formula is C56H38N2S. The Balaban J connectivity index is 1.14. The summed E-state index contributed by atoms with van der Waals surface area (Å²) >= 11 is 1.87. The van der Waals surface area contributed by atoms with E-state index in [1.807, 2.05) is 11.3 Å². The summed E-state index contributed by atoms with van der Waals surface area (Å²) in [6, 6.07) is 83.7. The van der Waals surface area contributed by atoms with Crippen molar-refractivity contribution < 1.29 is 0 Å². The van der Waals surface area contributed by atoms with Crippen LogP contribution < -0.4 is 9.80 Å². The van der Waals surface area contributed by atoms with Crippen LogP contribution >= 0.6 is 11.3 Å². The lowest BCUT2D eigenvalue weighted by Gasteiger charge is -2.30. The van der Waals surface area contributed by atoms with E-state index >= 15 is 0 Å². The highest BCUT2D eigenvalue weighted by Crippen LogP contribution is 2.50. The Morgan fingerprint density at radius 2 is 0.763 bits per heavy atom. The molecule has 278 valence electrons. The Morgan fingerprint density at radius 3 is 1.46 bits per heavy atom. The third kappa shape index (κ3) is 6.39. The summed E-state index contributed by atoms with van der Waals surface area (Å²) in [7, 11) is 0. The summed E-state index contributed by atoms with van der Waals surface area (Å²) in [5.41, 5.74) is 11.4. The van der Waals surface area contributed by atoms with Crippen LogP contribution in [0.1, 0.15) is 0 Å². The highest BCUT2D eigenvalue weighted by Gasteiger charge is 2.24. The quantitative estimate of drug-likeness (QED) is 0.152. The van der Waals surface area contributed by atoms with Crippen molar-refractivity contribution in [2.24, 2.45) is 0 Å². The fourth-order valence-corrected chi connectivity index (χ4v) is 9.75. The van der Waals surface area contributed by atoms with Crippen LogP contribution in [-0.2, 0) is 0 Å². The van der Waals surface area contributed by atoms with Crippen molar-refractivity contribution in [2.45, 2.75) is 0 Å². The second-order valence-electron chi connectivity index (χ2n) is 15.0. The first-order valence-electron chi connectivity index (χ1n) is 20.1. The van der Waals surface area contributed by atoms with Gasteiger partial charge in [0.1, 0.15) is 0 Å². The zero-order chi connectivity index (χ0) is 39.1. The Bertz CT molecular complexity index is 3250. The van der Waals surface area contributed by atoms with Gasteiger partial charge in [0.25, 0.3) is 0 Å². The zero-order valence-corrected chi connectivity index (χ0v) is 33.1. The summed E-state index contributed by atoms with van der Waals surface area (Å²) in [6.45, 7) is 0. The lowest BCUT2D eigenvalue weighted by Crippen LogP contribution is -2.13. The normalized spacial score (nSPS) is 11.4. The molecule has 3 heteroatoms. The van der Waals surface area contributed by atoms with Crippen molar-refractivity contribution in [1.29, 1.82) is 0 Å². The van der Waals surface area contributed by atoms with Crippen molar-refractivity contribution in [3.63, 3.8) is 0 Å². The minimum absolute atomic E-state index is 1.09. The van der Waals surface area contributed by atoms with Crippen LogP contribution in [0.4, 0.5) is 34.1 Å². The van der Waals surface area contributed by atoms with E-state index in [1.165, 1.54) is 64.0 Å². The molecule has 0 N–H and O–H groups in total. The maximum atomic E-state index is 2.44. The smallest absolute Gasteiger partial charge is 0.0575 e. The Morgan fingerprint density at radius 1 is 0.271 bits per heavy atom. The van der Waals surface area contributed by atoms with Crippen molar-refractivity contribution in [3.8, 4) is 22.3 Å². The molecule has 0 fully saturated rings. The van der Waals surface area contributed by atoms with E-state index < -0.39 is 0 Å². The third-order valence-corrected chi connectivity index (χ3v) is 12.5. The fraction of sp³-hybridized carbons (Fsp3) is 0. The van der Waals surface area contributed by atoms with E-state index in [2.05, 4.69) is 240 Å². The number of hydrogen-bond donors (Lipinski definition) is 0. The van der Waals surface area contributed by atoms with Crippen LogP contribution in [-0.4, -0.2) is 0 Å². The number of fused-ring (bicyclic) bond motifs is 6. The summed E-state index contributed by atoms with van der Waals surface area (Å²) in [5.74, 6) is 0. The van der Waals surface area contributed by atoms with Crippen LogP contribution in [0.15, 0.2) is 231 Å². The third-order valence-electron chi connectivity index (χ3n) is 11.4. The molecule has 1 aromatic heterocycles. The molecule has 11 rings (SSSR count). The predicted octanol–water partition coefficient (Wildman–Crippen LogP) is 16.6. The van der Waals surface area contributed by atoms with Crippen LogP contribution in [0, 0.1) is 0 Å². The van der Waals surface area contributed by atoms with Gasteiger partial charge in [-0.25, -0.2) is 0 Å². The molecule has 0 saturated carbocycles. The summed E-state index contributed by atoms with van der Waals surface area (Å²) in [5, 5.41) is 7.54. The SMILES string of the molecule is c1ccc(-c2ccc(N(c3ccccc3)c3cc(N(c4ccccc4)c4ccc(-c5ccc6ccccc6c5)cc4)cc4sc5ccc6ccccc6c5c34)cc2)cc1. The van der Waals surface area contributed by atoms with Crippen molar-refractivity contribution in [2.75, 3.05) is 9.80 Å².